The van der Waals surface area contributed by atoms with Gasteiger partial charge in [-0.2, -0.15) is 0 Å². The molecular formula is C13H15BrFN3O2. The van der Waals surface area contributed by atoms with Gasteiger partial charge in [0.25, 0.3) is 0 Å². The molecule has 0 saturated carbocycles. The molecule has 0 aromatic heterocycles. The molecule has 0 fully saturated rings. The number of rotatable bonds is 6. The third-order valence-electron chi connectivity index (χ3n) is 2.23. The molecule has 0 radical (unpaired) electrons. The molecule has 5 nitrogen and oxygen atoms in total. The average molecular weight is 344 g/mol. The lowest BCUT2D eigenvalue weighted by atomic mass is 10.2. The summed E-state index contributed by atoms with van der Waals surface area (Å²) >= 11 is 3.16. The van der Waals surface area contributed by atoms with Crippen molar-refractivity contribution in [1.29, 1.82) is 0 Å². The molecule has 0 unspecified atom stereocenters. The Kier molecular flexibility index (Phi) is 6.72. The zero-order valence-electron chi connectivity index (χ0n) is 10.7. The summed E-state index contributed by atoms with van der Waals surface area (Å²) in [5.41, 5.74) is 0.614. The smallest absolute Gasteiger partial charge is 0.315 e. The Labute approximate surface area is 124 Å². The summed E-state index contributed by atoms with van der Waals surface area (Å²) in [6.07, 6.45) is 1.54. The largest absolute Gasteiger partial charge is 0.351 e. The van der Waals surface area contributed by atoms with Gasteiger partial charge in [0.2, 0.25) is 5.91 Å². The van der Waals surface area contributed by atoms with Crippen molar-refractivity contribution >= 4 is 27.9 Å². The van der Waals surface area contributed by atoms with Gasteiger partial charge in [0.15, 0.2) is 0 Å². The molecule has 0 heterocycles. The van der Waals surface area contributed by atoms with Crippen LogP contribution in [0.5, 0.6) is 0 Å². The number of carbonyl (C=O) groups is 2. The minimum atomic E-state index is -0.501. The molecule has 0 spiro atoms. The van der Waals surface area contributed by atoms with Crippen LogP contribution in [0.1, 0.15) is 5.56 Å². The van der Waals surface area contributed by atoms with E-state index in [9.17, 15) is 14.0 Å². The first-order chi connectivity index (χ1) is 9.51. The zero-order chi connectivity index (χ0) is 15.0. The highest BCUT2D eigenvalue weighted by Crippen LogP contribution is 2.14. The van der Waals surface area contributed by atoms with Gasteiger partial charge in [-0.05, 0) is 23.8 Å². The maximum Gasteiger partial charge on any atom is 0.315 e. The maximum absolute atomic E-state index is 13.1. The van der Waals surface area contributed by atoms with E-state index in [2.05, 4.69) is 38.5 Å². The topological polar surface area (TPSA) is 70.2 Å². The van der Waals surface area contributed by atoms with E-state index < -0.39 is 6.03 Å². The molecule has 3 N–H and O–H groups in total. The summed E-state index contributed by atoms with van der Waals surface area (Å²) < 4.78 is 13.7. The molecule has 1 rings (SSSR count). The number of hydrogen-bond acceptors (Lipinski definition) is 2. The second-order valence-electron chi connectivity index (χ2n) is 3.91. The summed E-state index contributed by atoms with van der Waals surface area (Å²) in [5, 5.41) is 7.44. The molecule has 3 amide bonds. The van der Waals surface area contributed by atoms with Gasteiger partial charge in [-0.25, -0.2) is 9.18 Å². The number of hydrogen-bond donors (Lipinski definition) is 3. The van der Waals surface area contributed by atoms with Gasteiger partial charge in [-0.1, -0.05) is 22.0 Å². The summed E-state index contributed by atoms with van der Waals surface area (Å²) in [6, 6.07) is 3.84. The fourth-order valence-corrected chi connectivity index (χ4v) is 1.88. The van der Waals surface area contributed by atoms with Crippen molar-refractivity contribution in [2.75, 3.05) is 13.1 Å². The molecular weight excluding hydrogens is 329 g/mol. The Balaban J connectivity index is 2.32. The summed E-state index contributed by atoms with van der Waals surface area (Å²) in [4.78, 5) is 22.6. The van der Waals surface area contributed by atoms with Crippen LogP contribution >= 0.6 is 15.9 Å². The third-order valence-corrected chi connectivity index (χ3v) is 2.69. The van der Waals surface area contributed by atoms with Gasteiger partial charge in [0.05, 0.1) is 6.54 Å². The normalized spacial score (nSPS) is 9.70. The number of amides is 3. The second kappa shape index (κ2) is 8.31. The van der Waals surface area contributed by atoms with Crippen LogP contribution < -0.4 is 16.0 Å². The molecule has 0 aliphatic carbocycles. The molecule has 20 heavy (non-hydrogen) atoms. The number of carbonyl (C=O) groups excluding carboxylic acids is 2. The molecule has 0 saturated heterocycles. The summed E-state index contributed by atoms with van der Waals surface area (Å²) in [7, 11) is 0. The van der Waals surface area contributed by atoms with E-state index in [-0.39, 0.29) is 24.8 Å². The standard InChI is InChI=1S/C13H15BrFN3O2/c1-2-3-16-12(19)8-18-13(20)17-7-9-4-10(14)6-11(15)5-9/h2,4-6H,1,3,7-8H2,(H,16,19)(H2,17,18,20). The quantitative estimate of drug-likeness (QED) is 0.688. The number of nitrogens with one attached hydrogen (secondary N) is 3. The van der Waals surface area contributed by atoms with Crippen molar-refractivity contribution in [2.45, 2.75) is 6.54 Å². The van der Waals surface area contributed by atoms with Crippen molar-refractivity contribution in [1.82, 2.24) is 16.0 Å². The fraction of sp³-hybridized carbons (Fsp3) is 0.231. The average Bonchev–Trinajstić information content (AvgIpc) is 2.39. The Morgan fingerprint density at radius 1 is 1.25 bits per heavy atom. The molecule has 0 bridgehead atoms. The predicted molar refractivity (Wildman–Crippen MR) is 77.5 cm³/mol. The van der Waals surface area contributed by atoms with E-state index >= 15 is 0 Å². The number of urea groups is 1. The van der Waals surface area contributed by atoms with E-state index in [1.54, 1.807) is 12.1 Å². The molecule has 0 aliphatic rings. The summed E-state index contributed by atoms with van der Waals surface area (Å²) in [6.45, 7) is 3.83. The Morgan fingerprint density at radius 2 is 2.00 bits per heavy atom. The van der Waals surface area contributed by atoms with E-state index in [0.29, 0.717) is 16.6 Å². The van der Waals surface area contributed by atoms with Crippen molar-refractivity contribution in [3.8, 4) is 0 Å². The fourth-order valence-electron chi connectivity index (χ4n) is 1.37. The van der Waals surface area contributed by atoms with Crippen LogP contribution in [-0.2, 0) is 11.3 Å². The lowest BCUT2D eigenvalue weighted by molar-refractivity contribution is -0.119. The monoisotopic (exact) mass is 343 g/mol. The Morgan fingerprint density at radius 3 is 2.65 bits per heavy atom. The van der Waals surface area contributed by atoms with Crippen molar-refractivity contribution in [3.63, 3.8) is 0 Å². The molecule has 0 atom stereocenters. The molecule has 0 aliphatic heterocycles. The van der Waals surface area contributed by atoms with Crippen molar-refractivity contribution in [3.05, 3.63) is 46.7 Å². The van der Waals surface area contributed by atoms with Crippen LogP contribution in [0.15, 0.2) is 35.3 Å². The number of halogens is 2. The van der Waals surface area contributed by atoms with Crippen LogP contribution in [0.25, 0.3) is 0 Å². The lowest BCUT2D eigenvalue weighted by Crippen LogP contribution is -2.41. The van der Waals surface area contributed by atoms with Crippen molar-refractivity contribution < 1.29 is 14.0 Å². The highest BCUT2D eigenvalue weighted by atomic mass is 79.9. The SMILES string of the molecule is C=CCNC(=O)CNC(=O)NCc1cc(F)cc(Br)c1. The van der Waals surface area contributed by atoms with Crippen LogP contribution in [-0.4, -0.2) is 25.0 Å². The molecule has 1 aromatic carbocycles. The van der Waals surface area contributed by atoms with E-state index in [4.69, 9.17) is 0 Å². The van der Waals surface area contributed by atoms with Gasteiger partial charge in [-0.3, -0.25) is 4.79 Å². The highest BCUT2D eigenvalue weighted by molar-refractivity contribution is 9.10. The third kappa shape index (κ3) is 6.33. The number of benzene rings is 1. The molecule has 1 aromatic rings. The van der Waals surface area contributed by atoms with Crippen LogP contribution in [0.3, 0.4) is 0 Å². The van der Waals surface area contributed by atoms with Gasteiger partial charge in [-0.15, -0.1) is 6.58 Å². The molecule has 7 heteroatoms. The van der Waals surface area contributed by atoms with E-state index in [1.165, 1.54) is 12.1 Å². The predicted octanol–water partition coefficient (Wildman–Crippen LogP) is 1.69. The van der Waals surface area contributed by atoms with Gasteiger partial charge >= 0.3 is 6.03 Å². The zero-order valence-corrected chi connectivity index (χ0v) is 12.3. The minimum Gasteiger partial charge on any atom is -0.351 e. The first-order valence-corrected chi connectivity index (χ1v) is 6.65. The first kappa shape index (κ1) is 16.2. The first-order valence-electron chi connectivity index (χ1n) is 5.85. The van der Waals surface area contributed by atoms with Crippen LogP contribution in [0, 0.1) is 5.82 Å². The Bertz CT molecular complexity index is 488. The maximum atomic E-state index is 13.1. The van der Waals surface area contributed by atoms with Gasteiger partial charge < -0.3 is 16.0 Å². The van der Waals surface area contributed by atoms with Crippen molar-refractivity contribution in [2.24, 2.45) is 0 Å². The highest BCUT2D eigenvalue weighted by Gasteiger charge is 2.05. The van der Waals surface area contributed by atoms with E-state index in [0.717, 1.165) is 0 Å². The molecule has 108 valence electrons. The summed E-state index contributed by atoms with van der Waals surface area (Å²) in [5.74, 6) is -0.700. The Hall–Kier alpha value is -1.89. The van der Waals surface area contributed by atoms with Crippen LogP contribution in [0.4, 0.5) is 9.18 Å². The lowest BCUT2D eigenvalue weighted by Gasteiger charge is -2.08. The minimum absolute atomic E-state index is 0.132. The second-order valence-corrected chi connectivity index (χ2v) is 4.82. The van der Waals surface area contributed by atoms with Crippen LogP contribution in [0.2, 0.25) is 0 Å². The van der Waals surface area contributed by atoms with Gasteiger partial charge in [0.1, 0.15) is 5.82 Å². The van der Waals surface area contributed by atoms with Gasteiger partial charge in [0, 0.05) is 17.6 Å². The van der Waals surface area contributed by atoms with E-state index in [1.807, 2.05) is 0 Å².